The topological polar surface area (TPSA) is 102 Å². The van der Waals surface area contributed by atoms with Gasteiger partial charge in [-0.3, -0.25) is 0 Å². The van der Waals surface area contributed by atoms with E-state index in [4.69, 9.17) is 0 Å². The van der Waals surface area contributed by atoms with Gasteiger partial charge in [0.2, 0.25) is 10.0 Å². The Kier molecular flexibility index (Phi) is 5.11. The Labute approximate surface area is 150 Å². The molecule has 10 heteroatoms. The van der Waals surface area contributed by atoms with Crippen LogP contribution in [-0.2, 0) is 10.0 Å². The van der Waals surface area contributed by atoms with Crippen molar-refractivity contribution in [3.8, 4) is 5.82 Å². The lowest BCUT2D eigenvalue weighted by Crippen LogP contribution is -2.28. The van der Waals surface area contributed by atoms with Gasteiger partial charge < -0.3 is 5.32 Å². The lowest BCUT2D eigenvalue weighted by atomic mass is 10.4. The molecule has 0 amide bonds. The van der Waals surface area contributed by atoms with Crippen LogP contribution in [0.15, 0.2) is 40.9 Å². The summed E-state index contributed by atoms with van der Waals surface area (Å²) in [6.07, 6.45) is 3.47. The lowest BCUT2D eigenvalue weighted by molar-refractivity contribution is 0.585. The van der Waals surface area contributed by atoms with E-state index in [2.05, 4.69) is 25.1 Å². The highest BCUT2D eigenvalue weighted by Gasteiger charge is 2.15. The van der Waals surface area contributed by atoms with Crippen molar-refractivity contribution >= 4 is 27.2 Å². The molecule has 0 aromatic carbocycles. The molecule has 3 aromatic heterocycles. The fraction of sp³-hybridized carbons (Fsp3) is 0.267. The van der Waals surface area contributed by atoms with Crippen LogP contribution in [0.3, 0.4) is 0 Å². The molecule has 0 aliphatic heterocycles. The number of nitrogens with one attached hydrogen (secondary N) is 2. The second kappa shape index (κ2) is 7.30. The van der Waals surface area contributed by atoms with E-state index in [0.717, 1.165) is 4.88 Å². The third-order valence-corrected chi connectivity index (χ3v) is 6.22. The minimum absolute atomic E-state index is 0.249. The molecule has 0 atom stereocenters. The number of rotatable bonds is 7. The van der Waals surface area contributed by atoms with Crippen molar-refractivity contribution in [3.63, 3.8) is 0 Å². The van der Waals surface area contributed by atoms with E-state index < -0.39 is 10.0 Å². The quantitative estimate of drug-likeness (QED) is 0.607. The molecule has 0 bridgehead atoms. The molecule has 3 rings (SSSR count). The van der Waals surface area contributed by atoms with Crippen molar-refractivity contribution in [3.05, 3.63) is 47.4 Å². The van der Waals surface area contributed by atoms with E-state index in [1.165, 1.54) is 11.3 Å². The highest BCUT2D eigenvalue weighted by atomic mass is 32.2. The molecule has 0 aliphatic rings. The van der Waals surface area contributed by atoms with Gasteiger partial charge in [-0.15, -0.1) is 11.3 Å². The van der Waals surface area contributed by atoms with Gasteiger partial charge in [0.15, 0.2) is 5.82 Å². The maximum Gasteiger partial charge on any atom is 0.250 e. The van der Waals surface area contributed by atoms with Crippen LogP contribution >= 0.6 is 11.3 Å². The molecule has 0 aliphatic carbocycles. The molecule has 25 heavy (non-hydrogen) atoms. The Hall–Kier alpha value is -2.30. The molecule has 0 spiro atoms. The Morgan fingerprint density at radius 1 is 1.20 bits per heavy atom. The molecular weight excluding hydrogens is 360 g/mol. The molecule has 3 heterocycles. The van der Waals surface area contributed by atoms with Crippen LogP contribution < -0.4 is 10.0 Å². The van der Waals surface area contributed by atoms with Gasteiger partial charge in [0.1, 0.15) is 15.9 Å². The van der Waals surface area contributed by atoms with Gasteiger partial charge in [-0.25, -0.2) is 27.8 Å². The number of thiophene rings is 1. The molecule has 132 valence electrons. The zero-order valence-corrected chi connectivity index (χ0v) is 15.4. The van der Waals surface area contributed by atoms with Gasteiger partial charge in [-0.05, 0) is 32.0 Å². The van der Waals surface area contributed by atoms with Gasteiger partial charge in [0.05, 0.1) is 0 Å². The van der Waals surface area contributed by atoms with Gasteiger partial charge in [-0.2, -0.15) is 5.10 Å². The summed E-state index contributed by atoms with van der Waals surface area (Å²) in [5, 5.41) is 7.24. The number of anilines is 1. The van der Waals surface area contributed by atoms with Gasteiger partial charge in [-0.1, -0.05) is 0 Å². The van der Waals surface area contributed by atoms with Gasteiger partial charge in [0.25, 0.3) is 0 Å². The summed E-state index contributed by atoms with van der Waals surface area (Å²) in [6.45, 7) is 4.32. The number of hydrogen-bond donors (Lipinski definition) is 2. The third-order valence-electron chi connectivity index (χ3n) is 3.27. The minimum Gasteiger partial charge on any atom is -0.369 e. The Balaban J connectivity index is 1.59. The van der Waals surface area contributed by atoms with E-state index in [1.807, 2.05) is 13.0 Å². The Morgan fingerprint density at radius 2 is 2.04 bits per heavy atom. The van der Waals surface area contributed by atoms with Crippen LogP contribution in [0.5, 0.6) is 0 Å². The van der Waals surface area contributed by atoms with E-state index in [0.29, 0.717) is 28.2 Å². The highest BCUT2D eigenvalue weighted by Crippen LogP contribution is 2.20. The third kappa shape index (κ3) is 4.41. The van der Waals surface area contributed by atoms with Gasteiger partial charge >= 0.3 is 0 Å². The highest BCUT2D eigenvalue weighted by molar-refractivity contribution is 7.91. The summed E-state index contributed by atoms with van der Waals surface area (Å²) in [7, 11) is -3.46. The van der Waals surface area contributed by atoms with Crippen LogP contribution in [0.2, 0.25) is 0 Å². The van der Waals surface area contributed by atoms with E-state index in [9.17, 15) is 8.42 Å². The van der Waals surface area contributed by atoms with Crippen molar-refractivity contribution in [1.29, 1.82) is 0 Å². The van der Waals surface area contributed by atoms with E-state index >= 15 is 0 Å². The summed E-state index contributed by atoms with van der Waals surface area (Å²) < 4.78 is 28.8. The molecule has 8 nitrogen and oxygen atoms in total. The predicted octanol–water partition coefficient (Wildman–Crippen LogP) is 1.73. The average Bonchev–Trinajstić information content (AvgIpc) is 3.23. The fourth-order valence-electron chi connectivity index (χ4n) is 2.17. The molecule has 0 radical (unpaired) electrons. The molecule has 0 unspecified atom stereocenters. The molecule has 0 saturated carbocycles. The van der Waals surface area contributed by atoms with Crippen molar-refractivity contribution in [1.82, 2.24) is 24.5 Å². The summed E-state index contributed by atoms with van der Waals surface area (Å²) in [4.78, 5) is 9.59. The Bertz CT molecular complexity index is 950. The molecule has 0 saturated heterocycles. The zero-order valence-electron chi connectivity index (χ0n) is 13.8. The van der Waals surface area contributed by atoms with E-state index in [1.54, 1.807) is 42.2 Å². The molecule has 0 fully saturated rings. The van der Waals surface area contributed by atoms with Crippen LogP contribution in [0.25, 0.3) is 5.82 Å². The summed E-state index contributed by atoms with van der Waals surface area (Å²) in [6, 6.07) is 6.97. The van der Waals surface area contributed by atoms with E-state index in [-0.39, 0.29) is 6.54 Å². The maximum absolute atomic E-state index is 12.2. The monoisotopic (exact) mass is 378 g/mol. The summed E-state index contributed by atoms with van der Waals surface area (Å²) in [5.74, 6) is 1.86. The molecular formula is C15H18N6O2S2. The maximum atomic E-state index is 12.2. The number of aromatic nitrogens is 4. The van der Waals surface area contributed by atoms with Crippen molar-refractivity contribution in [2.45, 2.75) is 18.1 Å². The number of nitrogens with zero attached hydrogens (tertiary/aromatic N) is 4. The SMILES string of the molecule is Cc1nc(NCCNS(=O)(=O)c2ccc(C)s2)cc(-n2cccn2)n1. The first-order valence-electron chi connectivity index (χ1n) is 7.60. The normalized spacial score (nSPS) is 11.6. The van der Waals surface area contributed by atoms with Crippen molar-refractivity contribution < 1.29 is 8.42 Å². The second-order valence-corrected chi connectivity index (χ2v) is 8.58. The predicted molar refractivity (Wildman–Crippen MR) is 96.6 cm³/mol. The smallest absolute Gasteiger partial charge is 0.250 e. The van der Waals surface area contributed by atoms with Crippen LogP contribution in [0.4, 0.5) is 5.82 Å². The lowest BCUT2D eigenvalue weighted by Gasteiger charge is -2.09. The average molecular weight is 378 g/mol. The first-order valence-corrected chi connectivity index (χ1v) is 9.90. The standard InChI is InChI=1S/C15H18N6O2S2/c1-11-4-5-15(24-11)25(22,23)18-8-7-16-13-10-14(20-12(2)19-13)21-9-3-6-17-21/h3-6,9-10,18H,7-8H2,1-2H3,(H,16,19,20). The largest absolute Gasteiger partial charge is 0.369 e. The first-order chi connectivity index (χ1) is 11.9. The number of aryl methyl sites for hydroxylation is 2. The van der Waals surface area contributed by atoms with Crippen LogP contribution in [0.1, 0.15) is 10.7 Å². The molecule has 3 aromatic rings. The van der Waals surface area contributed by atoms with Crippen LogP contribution in [0, 0.1) is 13.8 Å². The molecule has 2 N–H and O–H groups in total. The fourth-order valence-corrected chi connectivity index (χ4v) is 4.53. The minimum atomic E-state index is -3.46. The van der Waals surface area contributed by atoms with Gasteiger partial charge in [0, 0.05) is 36.4 Å². The summed E-state index contributed by atoms with van der Waals surface area (Å²) >= 11 is 1.25. The van der Waals surface area contributed by atoms with Crippen molar-refractivity contribution in [2.24, 2.45) is 0 Å². The number of sulfonamides is 1. The second-order valence-electron chi connectivity index (χ2n) is 5.30. The zero-order chi connectivity index (χ0) is 17.9. The first kappa shape index (κ1) is 17.5. The van der Waals surface area contributed by atoms with Crippen LogP contribution in [-0.4, -0.2) is 41.3 Å². The summed E-state index contributed by atoms with van der Waals surface area (Å²) in [5.41, 5.74) is 0. The number of hydrogen-bond acceptors (Lipinski definition) is 7. The van der Waals surface area contributed by atoms with Crippen molar-refractivity contribution in [2.75, 3.05) is 18.4 Å². The Morgan fingerprint density at radius 3 is 2.72 bits per heavy atom.